The molecule has 0 aromatic carbocycles. The highest BCUT2D eigenvalue weighted by atomic mass is 15.4. The van der Waals surface area contributed by atoms with Crippen LogP contribution in [-0.2, 0) is 13.1 Å². The molecule has 2 fully saturated rings. The summed E-state index contributed by atoms with van der Waals surface area (Å²) >= 11 is 0. The molecule has 1 aromatic rings. The number of likely N-dealkylation sites (N-methyl/N-ethyl adjacent to an activating group) is 1. The van der Waals surface area contributed by atoms with Crippen molar-refractivity contribution < 1.29 is 0 Å². The van der Waals surface area contributed by atoms with Gasteiger partial charge < -0.3 is 10.6 Å². The molecule has 1 aliphatic carbocycles. The van der Waals surface area contributed by atoms with Crippen molar-refractivity contribution in [2.75, 3.05) is 33.2 Å². The second-order valence-corrected chi connectivity index (χ2v) is 6.37. The van der Waals surface area contributed by atoms with Crippen molar-refractivity contribution in [1.29, 1.82) is 0 Å². The Labute approximate surface area is 120 Å². The Hall–Kier alpha value is -0.980. The first-order chi connectivity index (χ1) is 9.70. The topological polar surface area (TPSA) is 63.2 Å². The van der Waals surface area contributed by atoms with E-state index in [0.717, 1.165) is 51.4 Å². The molecule has 6 heteroatoms. The number of piperazine rings is 1. The summed E-state index contributed by atoms with van der Waals surface area (Å²) in [7, 11) is 2.18. The minimum atomic E-state index is 0.347. The van der Waals surface area contributed by atoms with Crippen LogP contribution in [0.3, 0.4) is 0 Å². The number of hydrogen-bond acceptors (Lipinski definition) is 5. The van der Waals surface area contributed by atoms with Gasteiger partial charge in [-0.15, -0.1) is 5.10 Å². The maximum Gasteiger partial charge on any atom is 0.0967 e. The van der Waals surface area contributed by atoms with Crippen molar-refractivity contribution >= 4 is 0 Å². The van der Waals surface area contributed by atoms with E-state index in [9.17, 15) is 0 Å². The molecular formula is C14H26N6. The van der Waals surface area contributed by atoms with Crippen molar-refractivity contribution in [2.24, 2.45) is 11.7 Å². The monoisotopic (exact) mass is 278 g/mol. The smallest absolute Gasteiger partial charge is 0.0967 e. The average Bonchev–Trinajstić information content (AvgIpc) is 3.03. The molecule has 20 heavy (non-hydrogen) atoms. The standard InChI is InChI=1S/C14H26N6/c1-18-5-7-19(8-6-18)10-13-11-20(17-16-13)9-12-3-2-4-14(12)15/h11-12,14H,2-10,15H2,1H3/t12-,14-/m0/s1. The first-order valence-electron chi connectivity index (χ1n) is 7.76. The minimum Gasteiger partial charge on any atom is -0.327 e. The van der Waals surface area contributed by atoms with Gasteiger partial charge in [0.1, 0.15) is 0 Å². The lowest BCUT2D eigenvalue weighted by atomic mass is 10.1. The molecule has 2 N–H and O–H groups in total. The summed E-state index contributed by atoms with van der Waals surface area (Å²) in [6, 6.07) is 0.347. The summed E-state index contributed by atoms with van der Waals surface area (Å²) in [4.78, 5) is 4.82. The molecule has 1 saturated carbocycles. The minimum absolute atomic E-state index is 0.347. The van der Waals surface area contributed by atoms with E-state index in [2.05, 4.69) is 33.4 Å². The zero-order valence-corrected chi connectivity index (χ0v) is 12.4. The number of nitrogens with two attached hydrogens (primary N) is 1. The third-order valence-corrected chi connectivity index (χ3v) is 4.71. The largest absolute Gasteiger partial charge is 0.327 e. The molecule has 1 aromatic heterocycles. The molecule has 6 nitrogen and oxygen atoms in total. The van der Waals surface area contributed by atoms with E-state index in [1.165, 1.54) is 12.8 Å². The van der Waals surface area contributed by atoms with Gasteiger partial charge in [-0.2, -0.15) is 0 Å². The molecule has 3 rings (SSSR count). The van der Waals surface area contributed by atoms with E-state index >= 15 is 0 Å². The molecule has 1 aliphatic heterocycles. The molecule has 0 bridgehead atoms. The van der Waals surface area contributed by atoms with Gasteiger partial charge in [0.2, 0.25) is 0 Å². The van der Waals surface area contributed by atoms with E-state index in [1.807, 2.05) is 4.68 Å². The quantitative estimate of drug-likeness (QED) is 0.849. The Morgan fingerprint density at radius 2 is 2.05 bits per heavy atom. The highest BCUT2D eigenvalue weighted by Crippen LogP contribution is 2.25. The van der Waals surface area contributed by atoms with Crippen LogP contribution in [0.1, 0.15) is 25.0 Å². The van der Waals surface area contributed by atoms with Gasteiger partial charge in [-0.3, -0.25) is 9.58 Å². The van der Waals surface area contributed by atoms with E-state index in [1.54, 1.807) is 0 Å². The normalized spacial score (nSPS) is 29.1. The van der Waals surface area contributed by atoms with Gasteiger partial charge in [-0.1, -0.05) is 11.6 Å². The summed E-state index contributed by atoms with van der Waals surface area (Å²) in [5.41, 5.74) is 7.21. The van der Waals surface area contributed by atoms with Crippen LogP contribution in [0.2, 0.25) is 0 Å². The first kappa shape index (κ1) is 14.0. The van der Waals surface area contributed by atoms with Crippen molar-refractivity contribution in [3.05, 3.63) is 11.9 Å². The lowest BCUT2D eigenvalue weighted by molar-refractivity contribution is 0.147. The predicted octanol–water partition coefficient (Wildman–Crippen LogP) is 0.153. The zero-order chi connectivity index (χ0) is 13.9. The molecule has 0 spiro atoms. The van der Waals surface area contributed by atoms with Crippen LogP contribution in [0.5, 0.6) is 0 Å². The van der Waals surface area contributed by atoms with Crippen LogP contribution in [0, 0.1) is 5.92 Å². The van der Waals surface area contributed by atoms with Gasteiger partial charge in [0.05, 0.1) is 5.69 Å². The zero-order valence-electron chi connectivity index (χ0n) is 12.4. The molecule has 2 atom stereocenters. The maximum atomic E-state index is 6.12. The van der Waals surface area contributed by atoms with Crippen molar-refractivity contribution in [3.63, 3.8) is 0 Å². The first-order valence-corrected chi connectivity index (χ1v) is 7.76. The molecule has 0 amide bonds. The van der Waals surface area contributed by atoms with Crippen molar-refractivity contribution in [3.8, 4) is 0 Å². The van der Waals surface area contributed by atoms with Gasteiger partial charge >= 0.3 is 0 Å². The Bertz CT molecular complexity index is 423. The van der Waals surface area contributed by atoms with Gasteiger partial charge in [-0.25, -0.2) is 0 Å². The molecule has 2 heterocycles. The summed E-state index contributed by atoms with van der Waals surface area (Å²) in [5.74, 6) is 0.577. The Morgan fingerprint density at radius 3 is 2.75 bits per heavy atom. The average molecular weight is 278 g/mol. The lowest BCUT2D eigenvalue weighted by Crippen LogP contribution is -2.43. The molecule has 0 radical (unpaired) electrons. The summed E-state index contributed by atoms with van der Waals surface area (Å²) in [5, 5.41) is 8.58. The molecule has 1 saturated heterocycles. The van der Waals surface area contributed by atoms with Crippen LogP contribution in [0.4, 0.5) is 0 Å². The fourth-order valence-corrected chi connectivity index (χ4v) is 3.27. The fraction of sp³-hybridized carbons (Fsp3) is 0.857. The van der Waals surface area contributed by atoms with E-state index < -0.39 is 0 Å². The van der Waals surface area contributed by atoms with Gasteiger partial charge in [0.15, 0.2) is 0 Å². The predicted molar refractivity (Wildman–Crippen MR) is 78.1 cm³/mol. The summed E-state index contributed by atoms with van der Waals surface area (Å²) < 4.78 is 1.99. The third kappa shape index (κ3) is 3.37. The van der Waals surface area contributed by atoms with Gasteiger partial charge in [0, 0.05) is 51.5 Å². The maximum absolute atomic E-state index is 6.12. The van der Waals surface area contributed by atoms with Crippen LogP contribution in [-0.4, -0.2) is 64.1 Å². The van der Waals surface area contributed by atoms with Crippen LogP contribution < -0.4 is 5.73 Å². The number of hydrogen-bond donors (Lipinski definition) is 1. The summed E-state index contributed by atoms with van der Waals surface area (Å²) in [6.07, 6.45) is 5.75. The molecule has 2 aliphatic rings. The fourth-order valence-electron chi connectivity index (χ4n) is 3.27. The second kappa shape index (κ2) is 6.20. The van der Waals surface area contributed by atoms with Crippen LogP contribution >= 0.6 is 0 Å². The van der Waals surface area contributed by atoms with E-state index in [4.69, 9.17) is 5.73 Å². The Balaban J connectivity index is 1.51. The van der Waals surface area contributed by atoms with Gasteiger partial charge in [0.25, 0.3) is 0 Å². The van der Waals surface area contributed by atoms with Crippen molar-refractivity contribution in [2.45, 2.75) is 38.4 Å². The Kier molecular flexibility index (Phi) is 4.33. The van der Waals surface area contributed by atoms with Crippen LogP contribution in [0.25, 0.3) is 0 Å². The third-order valence-electron chi connectivity index (χ3n) is 4.71. The van der Waals surface area contributed by atoms with E-state index in [-0.39, 0.29) is 0 Å². The van der Waals surface area contributed by atoms with Crippen LogP contribution in [0.15, 0.2) is 6.20 Å². The van der Waals surface area contributed by atoms with Crippen molar-refractivity contribution in [1.82, 2.24) is 24.8 Å². The van der Waals surface area contributed by atoms with Gasteiger partial charge in [-0.05, 0) is 25.8 Å². The van der Waals surface area contributed by atoms with E-state index in [0.29, 0.717) is 12.0 Å². The SMILES string of the molecule is CN1CCN(Cc2cn(C[C@@H]3CCC[C@@H]3N)nn2)CC1. The second-order valence-electron chi connectivity index (χ2n) is 6.37. The Morgan fingerprint density at radius 1 is 1.25 bits per heavy atom. The molecule has 0 unspecified atom stereocenters. The lowest BCUT2D eigenvalue weighted by Gasteiger charge is -2.31. The highest BCUT2D eigenvalue weighted by molar-refractivity contribution is 4.94. The number of rotatable bonds is 4. The molecular weight excluding hydrogens is 252 g/mol. The highest BCUT2D eigenvalue weighted by Gasteiger charge is 2.24. The molecule has 112 valence electrons. The number of nitrogens with zero attached hydrogens (tertiary/aromatic N) is 5. The number of aromatic nitrogens is 3. The summed E-state index contributed by atoms with van der Waals surface area (Å²) in [6.45, 7) is 6.38.